The molecule has 0 saturated heterocycles. The van der Waals surface area contributed by atoms with Crippen molar-refractivity contribution in [2.24, 2.45) is 0 Å². The summed E-state index contributed by atoms with van der Waals surface area (Å²) in [4.78, 5) is 0.0779. The zero-order valence-electron chi connectivity index (χ0n) is 12.5. The summed E-state index contributed by atoms with van der Waals surface area (Å²) in [5.41, 5.74) is 3.73. The quantitative estimate of drug-likeness (QED) is 0.927. The van der Waals surface area contributed by atoms with E-state index in [-0.39, 0.29) is 17.0 Å². The molecule has 0 aromatic heterocycles. The maximum atomic E-state index is 12.8. The summed E-state index contributed by atoms with van der Waals surface area (Å²) in [6.45, 7) is 1.76. The number of rotatable bonds is 4. The lowest BCUT2D eigenvalue weighted by molar-refractivity contribution is -0.367. The maximum absolute atomic E-state index is 12.8. The molecule has 2 aromatic rings. The van der Waals surface area contributed by atoms with Gasteiger partial charge in [-0.3, -0.25) is 0 Å². The fourth-order valence-corrected chi connectivity index (χ4v) is 3.97. The van der Waals surface area contributed by atoms with Crippen molar-refractivity contribution in [1.82, 2.24) is 0 Å². The zero-order chi connectivity index (χ0) is 17.3. The van der Waals surface area contributed by atoms with Gasteiger partial charge in [-0.2, -0.15) is 13.2 Å². The first-order valence-corrected chi connectivity index (χ1v) is 8.48. The minimum Gasteiger partial charge on any atom is -0.356 e. The molecule has 23 heavy (non-hydrogen) atoms. The van der Waals surface area contributed by atoms with Gasteiger partial charge in [0.05, 0.1) is 17.0 Å². The van der Waals surface area contributed by atoms with Gasteiger partial charge in [0.25, 0.3) is 0 Å². The van der Waals surface area contributed by atoms with Crippen LogP contribution in [0.25, 0.3) is 0 Å². The van der Waals surface area contributed by atoms with Gasteiger partial charge in [0.15, 0.2) is 9.84 Å². The van der Waals surface area contributed by atoms with Crippen LogP contribution in [0.2, 0.25) is 0 Å². The summed E-state index contributed by atoms with van der Waals surface area (Å²) in [7, 11) is -3.81. The molecule has 0 aliphatic heterocycles. The Bertz CT molecular complexity index is 784. The minimum absolute atomic E-state index is 0.0580. The van der Waals surface area contributed by atoms with Crippen molar-refractivity contribution >= 4 is 9.84 Å². The number of benzene rings is 2. The third-order valence-electron chi connectivity index (χ3n) is 3.57. The molecule has 0 aliphatic rings. The predicted molar refractivity (Wildman–Crippen MR) is 80.3 cm³/mol. The van der Waals surface area contributed by atoms with Gasteiger partial charge in [0, 0.05) is 0 Å². The molecule has 0 bridgehead atoms. The summed E-state index contributed by atoms with van der Waals surface area (Å²) in [5.74, 6) is 0. The molecular formula is C16H17F3NO2S+. The summed E-state index contributed by atoms with van der Waals surface area (Å²) >= 11 is 0. The SMILES string of the molecule is Cc1ccc(S(=O)(=O)[C@H](C[NH3+])c2cccc(C(F)(F)F)c2)cc1. The third-order valence-corrected chi connectivity index (χ3v) is 5.76. The number of hydrogen-bond donors (Lipinski definition) is 1. The van der Waals surface area contributed by atoms with Gasteiger partial charge in [0.2, 0.25) is 0 Å². The Kier molecular flexibility index (Phi) is 4.81. The smallest absolute Gasteiger partial charge is 0.356 e. The topological polar surface area (TPSA) is 61.8 Å². The van der Waals surface area contributed by atoms with E-state index < -0.39 is 26.8 Å². The van der Waals surface area contributed by atoms with Crippen LogP contribution in [-0.4, -0.2) is 15.0 Å². The summed E-state index contributed by atoms with van der Waals surface area (Å²) < 4.78 is 63.9. The van der Waals surface area contributed by atoms with Crippen LogP contribution < -0.4 is 5.73 Å². The van der Waals surface area contributed by atoms with E-state index in [1.54, 1.807) is 12.1 Å². The highest BCUT2D eigenvalue weighted by Gasteiger charge is 2.34. The first-order valence-electron chi connectivity index (χ1n) is 6.93. The molecule has 1 atom stereocenters. The van der Waals surface area contributed by atoms with Crippen molar-refractivity contribution in [1.29, 1.82) is 0 Å². The largest absolute Gasteiger partial charge is 0.416 e. The van der Waals surface area contributed by atoms with Crippen LogP contribution in [0.4, 0.5) is 13.2 Å². The molecule has 0 fully saturated rings. The van der Waals surface area contributed by atoms with Crippen molar-refractivity contribution in [2.45, 2.75) is 23.2 Å². The maximum Gasteiger partial charge on any atom is 0.416 e. The Labute approximate surface area is 132 Å². The summed E-state index contributed by atoms with van der Waals surface area (Å²) in [6.07, 6.45) is -4.52. The average Bonchev–Trinajstić information content (AvgIpc) is 2.47. The van der Waals surface area contributed by atoms with Gasteiger partial charge in [-0.05, 0) is 30.7 Å². The first kappa shape index (κ1) is 17.5. The molecule has 2 rings (SSSR count). The Hall–Kier alpha value is -1.86. The fraction of sp³-hybridized carbons (Fsp3) is 0.250. The Balaban J connectivity index is 2.49. The lowest BCUT2D eigenvalue weighted by Crippen LogP contribution is -2.54. The molecule has 0 unspecified atom stereocenters. The molecule has 124 valence electrons. The van der Waals surface area contributed by atoms with E-state index in [4.69, 9.17) is 0 Å². The zero-order valence-corrected chi connectivity index (χ0v) is 13.3. The van der Waals surface area contributed by atoms with Crippen LogP contribution in [-0.2, 0) is 16.0 Å². The van der Waals surface area contributed by atoms with Gasteiger partial charge in [-0.25, -0.2) is 8.42 Å². The molecule has 0 radical (unpaired) electrons. The Morgan fingerprint density at radius 1 is 1.09 bits per heavy atom. The van der Waals surface area contributed by atoms with Crippen molar-refractivity contribution in [3.05, 3.63) is 65.2 Å². The number of aryl methyl sites for hydroxylation is 1. The Morgan fingerprint density at radius 2 is 1.70 bits per heavy atom. The van der Waals surface area contributed by atoms with Crippen molar-refractivity contribution in [3.63, 3.8) is 0 Å². The van der Waals surface area contributed by atoms with Crippen molar-refractivity contribution in [2.75, 3.05) is 6.54 Å². The predicted octanol–water partition coefficient (Wildman–Crippen LogP) is 2.77. The number of alkyl halides is 3. The van der Waals surface area contributed by atoms with E-state index in [0.717, 1.165) is 17.7 Å². The molecule has 0 amide bonds. The summed E-state index contributed by atoms with van der Waals surface area (Å²) in [5, 5.41) is -1.12. The van der Waals surface area contributed by atoms with Crippen LogP contribution in [0.3, 0.4) is 0 Å². The lowest BCUT2D eigenvalue weighted by atomic mass is 10.1. The molecule has 3 nitrogen and oxygen atoms in total. The van der Waals surface area contributed by atoms with Gasteiger partial charge < -0.3 is 5.73 Å². The van der Waals surface area contributed by atoms with E-state index in [2.05, 4.69) is 5.73 Å². The van der Waals surface area contributed by atoms with Crippen LogP contribution in [0.1, 0.15) is 21.9 Å². The van der Waals surface area contributed by atoms with Crippen LogP contribution in [0.5, 0.6) is 0 Å². The first-order chi connectivity index (χ1) is 10.7. The molecule has 0 saturated carbocycles. The van der Waals surface area contributed by atoms with Crippen LogP contribution in [0.15, 0.2) is 53.4 Å². The average molecular weight is 344 g/mol. The number of hydrogen-bond acceptors (Lipinski definition) is 2. The number of halogens is 3. The highest BCUT2D eigenvalue weighted by molar-refractivity contribution is 7.91. The van der Waals surface area contributed by atoms with Gasteiger partial charge in [0.1, 0.15) is 5.25 Å². The minimum atomic E-state index is -4.52. The summed E-state index contributed by atoms with van der Waals surface area (Å²) in [6, 6.07) is 10.6. The van der Waals surface area contributed by atoms with Crippen LogP contribution >= 0.6 is 0 Å². The van der Waals surface area contributed by atoms with E-state index in [9.17, 15) is 21.6 Å². The van der Waals surface area contributed by atoms with Gasteiger partial charge >= 0.3 is 6.18 Å². The fourth-order valence-electron chi connectivity index (χ4n) is 2.31. The standard InChI is InChI=1S/C16H16F3NO2S/c1-11-5-7-14(8-6-11)23(21,22)15(10-20)12-3-2-4-13(9-12)16(17,18)19/h2-9,15H,10,20H2,1H3/p+1/t15-/m1/s1. The van der Waals surface area contributed by atoms with E-state index in [0.29, 0.717) is 0 Å². The van der Waals surface area contributed by atoms with Gasteiger partial charge in [-0.1, -0.05) is 35.9 Å². The number of sulfone groups is 1. The number of quaternary nitrogens is 1. The van der Waals surface area contributed by atoms with Gasteiger partial charge in [-0.15, -0.1) is 0 Å². The van der Waals surface area contributed by atoms with Crippen LogP contribution in [0, 0.1) is 6.92 Å². The van der Waals surface area contributed by atoms with E-state index in [1.165, 1.54) is 24.3 Å². The molecule has 3 N–H and O–H groups in total. The second kappa shape index (κ2) is 6.33. The van der Waals surface area contributed by atoms with Crippen molar-refractivity contribution < 1.29 is 27.3 Å². The lowest BCUT2D eigenvalue weighted by Gasteiger charge is -2.16. The van der Waals surface area contributed by atoms with E-state index >= 15 is 0 Å². The third kappa shape index (κ3) is 3.73. The molecular weight excluding hydrogens is 327 g/mol. The molecule has 0 heterocycles. The molecule has 7 heteroatoms. The molecule has 0 spiro atoms. The highest BCUT2D eigenvalue weighted by atomic mass is 32.2. The Morgan fingerprint density at radius 3 is 2.22 bits per heavy atom. The molecule has 0 aliphatic carbocycles. The van der Waals surface area contributed by atoms with Crippen molar-refractivity contribution in [3.8, 4) is 0 Å². The second-order valence-corrected chi connectivity index (χ2v) is 7.39. The monoisotopic (exact) mass is 344 g/mol. The van der Waals surface area contributed by atoms with E-state index in [1.807, 2.05) is 6.92 Å². The second-order valence-electron chi connectivity index (χ2n) is 5.26. The highest BCUT2D eigenvalue weighted by Crippen LogP contribution is 2.33. The normalized spacial score (nSPS) is 13.8. The molecule has 2 aromatic carbocycles.